The van der Waals surface area contributed by atoms with Crippen LogP contribution in [0.2, 0.25) is 0 Å². The molecular weight excluding hydrogens is 308 g/mol. The molecule has 0 spiro atoms. The molecule has 0 aromatic heterocycles. The molecule has 24 heavy (non-hydrogen) atoms. The van der Waals surface area contributed by atoms with E-state index in [0.29, 0.717) is 0 Å². The molecule has 0 radical (unpaired) electrons. The first-order valence-electron chi connectivity index (χ1n) is 7.88. The highest BCUT2D eigenvalue weighted by atomic mass is 16.7. The Morgan fingerprint density at radius 3 is 2.33 bits per heavy atom. The van der Waals surface area contributed by atoms with Crippen molar-refractivity contribution in [3.05, 3.63) is 47.5 Å². The zero-order chi connectivity index (χ0) is 16.1. The molecule has 1 unspecified atom stereocenters. The SMILES string of the molecule is CN1N=C(c2ccc3c(c2)OCO3)CC1c1ccc2c(c1)OCO2. The molecule has 3 heterocycles. The third kappa shape index (κ3) is 2.06. The monoisotopic (exact) mass is 324 g/mol. The predicted octanol–water partition coefficient (Wildman–Crippen LogP) is 2.92. The van der Waals surface area contributed by atoms with Gasteiger partial charge in [-0.25, -0.2) is 0 Å². The lowest BCUT2D eigenvalue weighted by Gasteiger charge is -2.19. The average Bonchev–Trinajstić information content (AvgIpc) is 3.32. The second-order valence-corrected chi connectivity index (χ2v) is 6.02. The summed E-state index contributed by atoms with van der Waals surface area (Å²) in [6.07, 6.45) is 0.829. The van der Waals surface area contributed by atoms with Crippen LogP contribution < -0.4 is 18.9 Å². The summed E-state index contributed by atoms with van der Waals surface area (Å²) in [4.78, 5) is 0. The van der Waals surface area contributed by atoms with E-state index in [0.717, 1.165) is 40.7 Å². The molecule has 3 aliphatic heterocycles. The molecule has 2 aromatic rings. The van der Waals surface area contributed by atoms with Crippen LogP contribution in [0.1, 0.15) is 23.6 Å². The van der Waals surface area contributed by atoms with Gasteiger partial charge in [0.15, 0.2) is 23.0 Å². The highest BCUT2D eigenvalue weighted by Crippen LogP contribution is 2.39. The zero-order valence-corrected chi connectivity index (χ0v) is 13.2. The van der Waals surface area contributed by atoms with E-state index in [9.17, 15) is 0 Å². The maximum atomic E-state index is 5.49. The highest BCUT2D eigenvalue weighted by molar-refractivity contribution is 6.02. The minimum atomic E-state index is 0.180. The van der Waals surface area contributed by atoms with Crippen molar-refractivity contribution in [3.8, 4) is 23.0 Å². The predicted molar refractivity (Wildman–Crippen MR) is 86.8 cm³/mol. The van der Waals surface area contributed by atoms with E-state index in [4.69, 9.17) is 24.0 Å². The summed E-state index contributed by atoms with van der Waals surface area (Å²) in [6.45, 7) is 0.573. The van der Waals surface area contributed by atoms with Gasteiger partial charge in [-0.1, -0.05) is 6.07 Å². The minimum Gasteiger partial charge on any atom is -0.454 e. The van der Waals surface area contributed by atoms with Crippen LogP contribution in [0.25, 0.3) is 0 Å². The molecule has 0 bridgehead atoms. The first-order valence-corrected chi connectivity index (χ1v) is 7.88. The smallest absolute Gasteiger partial charge is 0.231 e. The molecule has 5 rings (SSSR count). The van der Waals surface area contributed by atoms with E-state index in [2.05, 4.69) is 6.07 Å². The second-order valence-electron chi connectivity index (χ2n) is 6.02. The molecule has 0 fully saturated rings. The van der Waals surface area contributed by atoms with Gasteiger partial charge in [0, 0.05) is 19.0 Å². The number of rotatable bonds is 2. The Labute approximate surface area is 139 Å². The lowest BCUT2D eigenvalue weighted by molar-refractivity contribution is 0.173. The van der Waals surface area contributed by atoms with Crippen molar-refractivity contribution < 1.29 is 18.9 Å². The van der Waals surface area contributed by atoms with Crippen molar-refractivity contribution in [2.24, 2.45) is 5.10 Å². The summed E-state index contributed by atoms with van der Waals surface area (Å²) < 4.78 is 21.7. The largest absolute Gasteiger partial charge is 0.454 e. The van der Waals surface area contributed by atoms with Crippen LogP contribution in [0.5, 0.6) is 23.0 Å². The summed E-state index contributed by atoms with van der Waals surface area (Å²) in [5.74, 6) is 3.18. The molecule has 1 atom stereocenters. The van der Waals surface area contributed by atoms with Crippen LogP contribution in [0.3, 0.4) is 0 Å². The van der Waals surface area contributed by atoms with Gasteiger partial charge in [-0.2, -0.15) is 5.10 Å². The fourth-order valence-corrected chi connectivity index (χ4v) is 3.32. The van der Waals surface area contributed by atoms with E-state index < -0.39 is 0 Å². The van der Waals surface area contributed by atoms with E-state index in [1.165, 1.54) is 5.56 Å². The Balaban J connectivity index is 1.42. The first kappa shape index (κ1) is 13.5. The molecule has 6 heteroatoms. The van der Waals surface area contributed by atoms with Crippen molar-refractivity contribution in [1.29, 1.82) is 0 Å². The highest BCUT2D eigenvalue weighted by Gasteiger charge is 2.28. The number of hydrazone groups is 1. The molecule has 0 saturated heterocycles. The number of benzene rings is 2. The summed E-state index contributed by atoms with van der Waals surface area (Å²) >= 11 is 0. The molecule has 0 saturated carbocycles. The maximum absolute atomic E-state index is 5.49. The van der Waals surface area contributed by atoms with Crippen LogP contribution in [0, 0.1) is 0 Å². The summed E-state index contributed by atoms with van der Waals surface area (Å²) in [5, 5.41) is 6.71. The number of fused-ring (bicyclic) bond motifs is 2. The molecule has 3 aliphatic rings. The Morgan fingerprint density at radius 2 is 1.54 bits per heavy atom. The first-order chi connectivity index (χ1) is 11.8. The van der Waals surface area contributed by atoms with Gasteiger partial charge < -0.3 is 18.9 Å². The quantitative estimate of drug-likeness (QED) is 0.850. The molecule has 122 valence electrons. The van der Waals surface area contributed by atoms with E-state index in [1.54, 1.807) is 0 Å². The van der Waals surface area contributed by atoms with Gasteiger partial charge in [0.1, 0.15) is 0 Å². The Hall–Kier alpha value is -2.89. The van der Waals surface area contributed by atoms with Gasteiger partial charge in [-0.05, 0) is 35.9 Å². The van der Waals surface area contributed by atoms with Gasteiger partial charge in [0.05, 0.1) is 11.8 Å². The number of hydrogen-bond donors (Lipinski definition) is 0. The third-order valence-electron chi connectivity index (χ3n) is 4.60. The molecule has 0 aliphatic carbocycles. The third-order valence-corrected chi connectivity index (χ3v) is 4.60. The molecule has 0 N–H and O–H groups in total. The van der Waals surface area contributed by atoms with Gasteiger partial charge in [0.2, 0.25) is 13.6 Å². The fraction of sp³-hybridized carbons (Fsp3) is 0.278. The molecule has 2 aromatic carbocycles. The van der Waals surface area contributed by atoms with Crippen molar-refractivity contribution in [3.63, 3.8) is 0 Å². The van der Waals surface area contributed by atoms with E-state index >= 15 is 0 Å². The van der Waals surface area contributed by atoms with Crippen LogP contribution >= 0.6 is 0 Å². The number of hydrogen-bond acceptors (Lipinski definition) is 6. The average molecular weight is 324 g/mol. The topological polar surface area (TPSA) is 52.5 Å². The summed E-state index contributed by atoms with van der Waals surface area (Å²) in [7, 11) is 2.00. The summed E-state index contributed by atoms with van der Waals surface area (Å²) in [6, 6.07) is 12.2. The maximum Gasteiger partial charge on any atom is 0.231 e. The van der Waals surface area contributed by atoms with Gasteiger partial charge in [0.25, 0.3) is 0 Å². The molecule has 0 amide bonds. The zero-order valence-electron chi connectivity index (χ0n) is 13.2. The Morgan fingerprint density at radius 1 is 0.875 bits per heavy atom. The van der Waals surface area contributed by atoms with Crippen molar-refractivity contribution in [2.45, 2.75) is 12.5 Å². The molecular formula is C18H16N2O4. The second kappa shape index (κ2) is 5.06. The lowest BCUT2D eigenvalue weighted by atomic mass is 9.98. The van der Waals surface area contributed by atoms with Crippen molar-refractivity contribution >= 4 is 5.71 Å². The van der Waals surface area contributed by atoms with E-state index in [1.807, 2.05) is 42.4 Å². The normalized spacial score (nSPS) is 20.5. The van der Waals surface area contributed by atoms with Crippen LogP contribution in [0.4, 0.5) is 0 Å². The fourth-order valence-electron chi connectivity index (χ4n) is 3.32. The van der Waals surface area contributed by atoms with Crippen molar-refractivity contribution in [2.75, 3.05) is 20.6 Å². The van der Waals surface area contributed by atoms with Gasteiger partial charge in [-0.15, -0.1) is 0 Å². The van der Waals surface area contributed by atoms with E-state index in [-0.39, 0.29) is 19.6 Å². The van der Waals surface area contributed by atoms with Gasteiger partial charge >= 0.3 is 0 Å². The number of nitrogens with zero attached hydrogens (tertiary/aromatic N) is 2. The van der Waals surface area contributed by atoms with Crippen LogP contribution in [-0.2, 0) is 0 Å². The standard InChI is InChI=1S/C18H16N2O4/c1-20-14(12-3-5-16-18(7-12)24-10-22-16)8-13(19-20)11-2-4-15-17(6-11)23-9-21-15/h2-7,14H,8-10H2,1H3. The van der Waals surface area contributed by atoms with Crippen LogP contribution in [0.15, 0.2) is 41.5 Å². The van der Waals surface area contributed by atoms with Crippen molar-refractivity contribution in [1.82, 2.24) is 5.01 Å². The lowest BCUT2D eigenvalue weighted by Crippen LogP contribution is -2.13. The Kier molecular flexibility index (Phi) is 2.85. The Bertz CT molecular complexity index is 849. The summed E-state index contributed by atoms with van der Waals surface area (Å²) in [5.41, 5.74) is 3.27. The molecule has 6 nitrogen and oxygen atoms in total. The number of ether oxygens (including phenoxy) is 4. The minimum absolute atomic E-state index is 0.180. The van der Waals surface area contributed by atoms with Gasteiger partial charge in [-0.3, -0.25) is 5.01 Å². The van der Waals surface area contributed by atoms with Crippen LogP contribution in [-0.4, -0.2) is 31.4 Å².